The molecule has 0 atom stereocenters. The molecule has 1 aromatic heterocycles. The molecule has 0 bridgehead atoms. The molecule has 0 radical (unpaired) electrons. The van der Waals surface area contributed by atoms with E-state index in [0.29, 0.717) is 24.4 Å². The smallest absolute Gasteiger partial charge is 0.281 e. The van der Waals surface area contributed by atoms with Gasteiger partial charge in [-0.3, -0.25) is 5.10 Å². The molecule has 9 nitrogen and oxygen atoms in total. The van der Waals surface area contributed by atoms with Gasteiger partial charge in [-0.15, -0.1) is 0 Å². The number of aryl methyl sites for hydroxylation is 2. The molecule has 11 heteroatoms. The zero-order valence-electron chi connectivity index (χ0n) is 13.8. The normalized spacial score (nSPS) is 19.2. The van der Waals surface area contributed by atoms with E-state index in [-0.39, 0.29) is 24.5 Å². The Kier molecular flexibility index (Phi) is 5.16. The topological polar surface area (TPSA) is 107 Å². The SMILES string of the molecule is Cc1n[nH]c(C)c1S(=O)(=O)N1CCCN(S(=O)(=O)N(C)C)CC1. The van der Waals surface area contributed by atoms with E-state index < -0.39 is 20.2 Å². The first-order chi connectivity index (χ1) is 10.6. The van der Waals surface area contributed by atoms with Gasteiger partial charge in [-0.1, -0.05) is 0 Å². The zero-order valence-corrected chi connectivity index (χ0v) is 15.4. The molecule has 0 unspecified atom stereocenters. The van der Waals surface area contributed by atoms with Crippen molar-refractivity contribution < 1.29 is 16.8 Å². The lowest BCUT2D eigenvalue weighted by Crippen LogP contribution is -2.42. The number of nitrogens with zero attached hydrogens (tertiary/aromatic N) is 4. The molecule has 0 spiro atoms. The summed E-state index contributed by atoms with van der Waals surface area (Å²) in [5.41, 5.74) is 0.911. The standard InChI is InChI=1S/C12H23N5O4S2/c1-10-12(11(2)14-13-10)22(18,19)16-6-5-7-17(9-8-16)23(20,21)15(3)4/h5-9H2,1-4H3,(H,13,14). The largest absolute Gasteiger partial charge is 0.281 e. The van der Waals surface area contributed by atoms with Crippen molar-refractivity contribution in [3.05, 3.63) is 11.4 Å². The van der Waals surface area contributed by atoms with Gasteiger partial charge in [0, 0.05) is 40.3 Å². The molecule has 2 heterocycles. The Hall–Kier alpha value is -1.01. The highest BCUT2D eigenvalue weighted by atomic mass is 32.2. The number of H-pyrrole nitrogens is 1. The van der Waals surface area contributed by atoms with Crippen molar-refractivity contribution >= 4 is 20.2 Å². The third-order valence-corrected chi connectivity index (χ3v) is 7.96. The predicted octanol–water partition coefficient (Wildman–Crippen LogP) is -0.471. The maximum Gasteiger partial charge on any atom is 0.281 e. The van der Waals surface area contributed by atoms with E-state index in [2.05, 4.69) is 10.2 Å². The Morgan fingerprint density at radius 3 is 2.09 bits per heavy atom. The van der Waals surface area contributed by atoms with Gasteiger partial charge in [-0.05, 0) is 20.3 Å². The van der Waals surface area contributed by atoms with Crippen LogP contribution in [0.15, 0.2) is 4.90 Å². The fourth-order valence-corrected chi connectivity index (χ4v) is 5.56. The van der Waals surface area contributed by atoms with Crippen LogP contribution >= 0.6 is 0 Å². The van der Waals surface area contributed by atoms with Gasteiger partial charge in [0.1, 0.15) is 4.90 Å². The number of rotatable bonds is 4. The fourth-order valence-electron chi connectivity index (χ4n) is 2.62. The Morgan fingerprint density at radius 2 is 1.57 bits per heavy atom. The van der Waals surface area contributed by atoms with Gasteiger partial charge < -0.3 is 0 Å². The Labute approximate surface area is 137 Å². The third kappa shape index (κ3) is 3.43. The van der Waals surface area contributed by atoms with E-state index in [1.54, 1.807) is 13.8 Å². The van der Waals surface area contributed by atoms with E-state index in [1.165, 1.54) is 22.7 Å². The second-order valence-electron chi connectivity index (χ2n) is 5.71. The van der Waals surface area contributed by atoms with Crippen molar-refractivity contribution in [1.82, 2.24) is 23.1 Å². The van der Waals surface area contributed by atoms with Crippen molar-refractivity contribution in [3.63, 3.8) is 0 Å². The number of hydrogen-bond acceptors (Lipinski definition) is 5. The second kappa shape index (κ2) is 6.48. The van der Waals surface area contributed by atoms with Crippen LogP contribution in [0, 0.1) is 13.8 Å². The molecule has 0 saturated carbocycles. The van der Waals surface area contributed by atoms with E-state index in [4.69, 9.17) is 0 Å². The van der Waals surface area contributed by atoms with Crippen molar-refractivity contribution in [2.45, 2.75) is 25.2 Å². The summed E-state index contributed by atoms with van der Waals surface area (Å²) in [4.78, 5) is 0.182. The molecule has 1 aliphatic heterocycles. The van der Waals surface area contributed by atoms with Crippen molar-refractivity contribution in [2.24, 2.45) is 0 Å². The number of hydrogen-bond donors (Lipinski definition) is 1. The molecule has 1 saturated heterocycles. The molecule has 0 aliphatic carbocycles. The summed E-state index contributed by atoms with van der Waals surface area (Å²) in [5, 5.41) is 6.61. The average Bonchev–Trinajstić information content (AvgIpc) is 2.67. The molecule has 2 rings (SSSR count). The quantitative estimate of drug-likeness (QED) is 0.776. The average molecular weight is 365 g/mol. The van der Waals surface area contributed by atoms with Crippen LogP contribution in [0.3, 0.4) is 0 Å². The minimum atomic E-state index is -3.69. The minimum absolute atomic E-state index is 0.124. The van der Waals surface area contributed by atoms with E-state index >= 15 is 0 Å². The summed E-state index contributed by atoms with van der Waals surface area (Å²) in [6.07, 6.45) is 0.447. The first kappa shape index (κ1) is 18.3. The minimum Gasteiger partial charge on any atom is -0.281 e. The zero-order chi connectivity index (χ0) is 17.4. The highest BCUT2D eigenvalue weighted by molar-refractivity contribution is 7.89. The van der Waals surface area contributed by atoms with Gasteiger partial charge in [0.2, 0.25) is 10.0 Å². The highest BCUT2D eigenvalue weighted by Gasteiger charge is 2.33. The van der Waals surface area contributed by atoms with Crippen molar-refractivity contribution in [1.29, 1.82) is 0 Å². The van der Waals surface area contributed by atoms with Crippen LogP contribution in [0.25, 0.3) is 0 Å². The van der Waals surface area contributed by atoms with E-state index in [1.807, 2.05) is 0 Å². The molecule has 23 heavy (non-hydrogen) atoms. The van der Waals surface area contributed by atoms with E-state index in [0.717, 1.165) is 4.31 Å². The van der Waals surface area contributed by atoms with Crippen LogP contribution in [0.2, 0.25) is 0 Å². The molecular weight excluding hydrogens is 342 g/mol. The Balaban J connectivity index is 2.24. The lowest BCUT2D eigenvalue weighted by molar-refractivity contribution is 0.378. The Morgan fingerprint density at radius 1 is 1.00 bits per heavy atom. The maximum absolute atomic E-state index is 12.8. The summed E-state index contributed by atoms with van der Waals surface area (Å²) in [5.74, 6) is 0. The van der Waals surface area contributed by atoms with Crippen LogP contribution in [0.4, 0.5) is 0 Å². The van der Waals surface area contributed by atoms with Gasteiger partial charge in [0.15, 0.2) is 0 Å². The lowest BCUT2D eigenvalue weighted by atomic mass is 10.4. The molecule has 132 valence electrons. The Bertz CT molecular complexity index is 750. The molecule has 1 aliphatic rings. The van der Waals surface area contributed by atoms with Gasteiger partial charge in [-0.25, -0.2) is 8.42 Å². The lowest BCUT2D eigenvalue weighted by Gasteiger charge is -2.24. The van der Waals surface area contributed by atoms with Crippen LogP contribution in [-0.2, 0) is 20.2 Å². The first-order valence-electron chi connectivity index (χ1n) is 7.28. The summed E-state index contributed by atoms with van der Waals surface area (Å²) >= 11 is 0. The molecule has 1 N–H and O–H groups in total. The van der Waals surface area contributed by atoms with Crippen LogP contribution in [-0.4, -0.2) is 80.2 Å². The molecule has 1 fully saturated rings. The number of nitrogens with one attached hydrogen (secondary N) is 1. The van der Waals surface area contributed by atoms with Crippen LogP contribution in [0.5, 0.6) is 0 Å². The third-order valence-electron chi connectivity index (χ3n) is 3.86. The van der Waals surface area contributed by atoms with Gasteiger partial charge >= 0.3 is 0 Å². The van der Waals surface area contributed by atoms with Gasteiger partial charge in [-0.2, -0.15) is 26.4 Å². The van der Waals surface area contributed by atoms with Gasteiger partial charge in [0.25, 0.3) is 10.2 Å². The summed E-state index contributed by atoms with van der Waals surface area (Å²) in [6.45, 7) is 4.14. The van der Waals surface area contributed by atoms with Crippen LogP contribution < -0.4 is 0 Å². The molecule has 1 aromatic rings. The summed E-state index contributed by atoms with van der Waals surface area (Å²) in [7, 11) is -4.29. The van der Waals surface area contributed by atoms with Crippen molar-refractivity contribution in [3.8, 4) is 0 Å². The first-order valence-corrected chi connectivity index (χ1v) is 10.1. The highest BCUT2D eigenvalue weighted by Crippen LogP contribution is 2.23. The maximum atomic E-state index is 12.8. The number of aromatic amines is 1. The molecular formula is C12H23N5O4S2. The summed E-state index contributed by atoms with van der Waals surface area (Å²) in [6, 6.07) is 0. The van der Waals surface area contributed by atoms with Gasteiger partial charge in [0.05, 0.1) is 11.4 Å². The van der Waals surface area contributed by atoms with E-state index in [9.17, 15) is 16.8 Å². The predicted molar refractivity (Wildman–Crippen MR) is 85.6 cm³/mol. The monoisotopic (exact) mass is 365 g/mol. The molecule has 0 amide bonds. The fraction of sp³-hybridized carbons (Fsp3) is 0.750. The molecule has 0 aromatic carbocycles. The second-order valence-corrected chi connectivity index (χ2v) is 9.73. The van der Waals surface area contributed by atoms with Crippen LogP contribution in [0.1, 0.15) is 17.8 Å². The number of sulfonamides is 1. The number of aromatic nitrogens is 2. The van der Waals surface area contributed by atoms with Crippen molar-refractivity contribution in [2.75, 3.05) is 40.3 Å². The summed E-state index contributed by atoms with van der Waals surface area (Å²) < 4.78 is 53.8.